The highest BCUT2D eigenvalue weighted by Gasteiger charge is 2.09. The number of ether oxygens (including phenoxy) is 1. The van der Waals surface area contributed by atoms with Gasteiger partial charge in [-0.05, 0) is 20.8 Å². The molecule has 0 radical (unpaired) electrons. The van der Waals surface area contributed by atoms with Crippen LogP contribution in [0.4, 0.5) is 0 Å². The highest BCUT2D eigenvalue weighted by atomic mass is 16.5. The van der Waals surface area contributed by atoms with Gasteiger partial charge in [0.05, 0.1) is 19.3 Å². The third-order valence-corrected chi connectivity index (χ3v) is 1.87. The van der Waals surface area contributed by atoms with E-state index in [4.69, 9.17) is 9.84 Å². The lowest BCUT2D eigenvalue weighted by atomic mass is 10.3. The predicted molar refractivity (Wildman–Crippen MR) is 61.3 cm³/mol. The fraction of sp³-hybridized carbons (Fsp3) is 0.727. The van der Waals surface area contributed by atoms with Crippen LogP contribution in [-0.2, 0) is 0 Å². The molecular formula is C11H22N2O2. The first-order valence-electron chi connectivity index (χ1n) is 5.48. The second kappa shape index (κ2) is 7.29. The number of aliphatic hydroxyl groups is 1. The van der Waals surface area contributed by atoms with E-state index < -0.39 is 0 Å². The first-order chi connectivity index (χ1) is 7.19. The maximum absolute atomic E-state index is 8.95. The van der Waals surface area contributed by atoms with Crippen molar-refractivity contribution in [3.05, 3.63) is 11.8 Å². The van der Waals surface area contributed by atoms with E-state index in [2.05, 4.69) is 5.10 Å². The van der Waals surface area contributed by atoms with Crippen molar-refractivity contribution in [2.75, 3.05) is 13.2 Å². The first-order valence-corrected chi connectivity index (χ1v) is 5.48. The summed E-state index contributed by atoms with van der Waals surface area (Å²) in [6.07, 6.45) is 0. The maximum atomic E-state index is 8.95. The number of aryl methyl sites for hydroxylation is 1. The molecule has 1 aromatic heterocycles. The van der Waals surface area contributed by atoms with Crippen molar-refractivity contribution in [2.24, 2.45) is 0 Å². The molecule has 0 aliphatic heterocycles. The summed E-state index contributed by atoms with van der Waals surface area (Å²) in [4.78, 5) is 0. The van der Waals surface area contributed by atoms with Crippen molar-refractivity contribution >= 4 is 0 Å². The summed E-state index contributed by atoms with van der Waals surface area (Å²) in [5.41, 5.74) is 1.00. The Hall–Kier alpha value is -1.03. The fourth-order valence-electron chi connectivity index (χ4n) is 1.20. The van der Waals surface area contributed by atoms with Gasteiger partial charge in [0.1, 0.15) is 0 Å². The lowest BCUT2D eigenvalue weighted by Crippen LogP contribution is -2.12. The molecule has 1 N–H and O–H groups in total. The number of aromatic nitrogens is 2. The zero-order valence-corrected chi connectivity index (χ0v) is 10.3. The number of rotatable bonds is 4. The van der Waals surface area contributed by atoms with Gasteiger partial charge >= 0.3 is 0 Å². The lowest BCUT2D eigenvalue weighted by molar-refractivity contribution is 0.224. The minimum atomic E-state index is 0.00852. The summed E-state index contributed by atoms with van der Waals surface area (Å²) in [6.45, 7) is 10.5. The van der Waals surface area contributed by atoms with Gasteiger partial charge in [-0.15, -0.1) is 5.10 Å². The van der Waals surface area contributed by atoms with Crippen molar-refractivity contribution in [2.45, 2.75) is 40.7 Å². The summed E-state index contributed by atoms with van der Waals surface area (Å²) in [5, 5.41) is 13.2. The molecule has 0 saturated heterocycles. The van der Waals surface area contributed by atoms with E-state index in [1.165, 1.54) is 0 Å². The predicted octanol–water partition coefficient (Wildman–Crippen LogP) is 2.17. The van der Waals surface area contributed by atoms with E-state index in [1.54, 1.807) is 4.68 Å². The highest BCUT2D eigenvalue weighted by molar-refractivity contribution is 5.14. The summed E-state index contributed by atoms with van der Waals surface area (Å²) in [7, 11) is 0. The van der Waals surface area contributed by atoms with E-state index in [0.29, 0.717) is 12.5 Å². The standard InChI is InChI=1S/C9H16N2O2.C2H6/c1-4-13-9-5-7(2)11(10-9)8(3)6-12;1-2/h5,8,12H,4,6H2,1-3H3;1-2H3/t8-;/m1./s1. The van der Waals surface area contributed by atoms with Gasteiger partial charge in [0, 0.05) is 11.8 Å². The first kappa shape index (κ1) is 14.0. The van der Waals surface area contributed by atoms with Gasteiger partial charge in [0.15, 0.2) is 0 Å². The zero-order valence-electron chi connectivity index (χ0n) is 10.3. The monoisotopic (exact) mass is 214 g/mol. The molecule has 0 saturated carbocycles. The summed E-state index contributed by atoms with van der Waals surface area (Å²) in [5.74, 6) is 0.625. The van der Waals surface area contributed by atoms with Gasteiger partial charge in [0.2, 0.25) is 5.88 Å². The minimum Gasteiger partial charge on any atom is -0.477 e. The summed E-state index contributed by atoms with van der Waals surface area (Å²) in [6, 6.07) is 1.88. The maximum Gasteiger partial charge on any atom is 0.232 e. The number of nitrogens with zero attached hydrogens (tertiary/aromatic N) is 2. The van der Waals surface area contributed by atoms with Crippen LogP contribution in [0.3, 0.4) is 0 Å². The van der Waals surface area contributed by atoms with Gasteiger partial charge in [-0.2, -0.15) is 0 Å². The molecule has 1 aromatic rings. The highest BCUT2D eigenvalue weighted by Crippen LogP contribution is 2.15. The SMILES string of the molecule is CC.CCOc1cc(C)n([C@H](C)CO)n1. The molecule has 1 heterocycles. The Kier molecular flexibility index (Phi) is 6.79. The number of hydrogen-bond acceptors (Lipinski definition) is 3. The van der Waals surface area contributed by atoms with Crippen molar-refractivity contribution in [3.63, 3.8) is 0 Å². The van der Waals surface area contributed by atoms with E-state index in [9.17, 15) is 0 Å². The third-order valence-electron chi connectivity index (χ3n) is 1.87. The molecule has 1 rings (SSSR count). The van der Waals surface area contributed by atoms with E-state index >= 15 is 0 Å². The Morgan fingerprint density at radius 1 is 1.53 bits per heavy atom. The molecule has 0 bridgehead atoms. The summed E-state index contributed by atoms with van der Waals surface area (Å²) >= 11 is 0. The number of hydrogen-bond donors (Lipinski definition) is 1. The average molecular weight is 214 g/mol. The van der Waals surface area contributed by atoms with Crippen LogP contribution in [0.2, 0.25) is 0 Å². The van der Waals surface area contributed by atoms with Gasteiger partial charge < -0.3 is 9.84 Å². The molecular weight excluding hydrogens is 192 g/mol. The largest absolute Gasteiger partial charge is 0.477 e. The normalized spacial score (nSPS) is 11.6. The van der Waals surface area contributed by atoms with Crippen LogP contribution in [0.5, 0.6) is 5.88 Å². The van der Waals surface area contributed by atoms with Crippen LogP contribution in [0.1, 0.15) is 39.4 Å². The Labute approximate surface area is 91.9 Å². The molecule has 0 aliphatic rings. The smallest absolute Gasteiger partial charge is 0.232 e. The van der Waals surface area contributed by atoms with Crippen molar-refractivity contribution in [1.29, 1.82) is 0 Å². The fourth-order valence-corrected chi connectivity index (χ4v) is 1.20. The van der Waals surface area contributed by atoms with Crippen LogP contribution < -0.4 is 4.74 Å². The molecule has 0 aromatic carbocycles. The average Bonchev–Trinajstić information content (AvgIpc) is 2.62. The molecule has 0 unspecified atom stereocenters. The van der Waals surface area contributed by atoms with Crippen LogP contribution in [0, 0.1) is 6.92 Å². The molecule has 0 amide bonds. The van der Waals surface area contributed by atoms with E-state index in [1.807, 2.05) is 40.7 Å². The third kappa shape index (κ3) is 3.91. The van der Waals surface area contributed by atoms with Crippen LogP contribution in [0.15, 0.2) is 6.07 Å². The van der Waals surface area contributed by atoms with Crippen molar-refractivity contribution in [1.82, 2.24) is 9.78 Å². The Balaban J connectivity index is 0.000000921. The molecule has 0 spiro atoms. The van der Waals surface area contributed by atoms with Gasteiger partial charge in [0.25, 0.3) is 0 Å². The molecule has 0 fully saturated rings. The van der Waals surface area contributed by atoms with Gasteiger partial charge in [-0.25, -0.2) is 0 Å². The van der Waals surface area contributed by atoms with Crippen LogP contribution in [-0.4, -0.2) is 28.1 Å². The van der Waals surface area contributed by atoms with Crippen molar-refractivity contribution < 1.29 is 9.84 Å². The number of aliphatic hydroxyl groups excluding tert-OH is 1. The summed E-state index contributed by atoms with van der Waals surface area (Å²) < 4.78 is 7.02. The van der Waals surface area contributed by atoms with Crippen LogP contribution in [0.25, 0.3) is 0 Å². The second-order valence-corrected chi connectivity index (χ2v) is 3.03. The molecule has 88 valence electrons. The Morgan fingerprint density at radius 3 is 2.60 bits per heavy atom. The quantitative estimate of drug-likeness (QED) is 0.835. The lowest BCUT2D eigenvalue weighted by Gasteiger charge is -2.09. The van der Waals surface area contributed by atoms with E-state index in [0.717, 1.165) is 5.69 Å². The van der Waals surface area contributed by atoms with Crippen molar-refractivity contribution in [3.8, 4) is 5.88 Å². The van der Waals surface area contributed by atoms with E-state index in [-0.39, 0.29) is 12.6 Å². The Bertz CT molecular complexity index is 272. The molecule has 1 atom stereocenters. The Morgan fingerprint density at radius 2 is 2.13 bits per heavy atom. The molecule has 4 heteroatoms. The zero-order chi connectivity index (χ0) is 11.8. The second-order valence-electron chi connectivity index (χ2n) is 3.03. The van der Waals surface area contributed by atoms with Crippen LogP contribution >= 0.6 is 0 Å². The minimum absolute atomic E-state index is 0.00852. The van der Waals surface area contributed by atoms with Gasteiger partial charge in [-0.3, -0.25) is 4.68 Å². The topological polar surface area (TPSA) is 47.3 Å². The molecule has 0 aliphatic carbocycles. The van der Waals surface area contributed by atoms with Gasteiger partial charge in [-0.1, -0.05) is 13.8 Å². The molecule has 4 nitrogen and oxygen atoms in total. The molecule has 15 heavy (non-hydrogen) atoms.